The molecule has 0 aliphatic carbocycles. The fraction of sp³-hybridized carbons (Fsp3) is 0.200. The molecule has 0 aliphatic heterocycles. The Morgan fingerprint density at radius 1 is 0.714 bits per heavy atom. The zero-order chi connectivity index (χ0) is 25.6. The molecule has 8 nitrogen and oxygen atoms in total. The Labute approximate surface area is 203 Å². The lowest BCUT2D eigenvalue weighted by Crippen LogP contribution is -2.14. The number of hydrogen-bond donors (Lipinski definition) is 1. The van der Waals surface area contributed by atoms with E-state index in [0.29, 0.717) is 34.1 Å². The highest BCUT2D eigenvalue weighted by molar-refractivity contribution is 7.92. The van der Waals surface area contributed by atoms with Gasteiger partial charge in [0.05, 0.1) is 46.1 Å². The quantitative estimate of drug-likeness (QED) is 0.396. The first-order valence-electron chi connectivity index (χ1n) is 10.3. The van der Waals surface area contributed by atoms with E-state index in [0.717, 1.165) is 0 Å². The Morgan fingerprint density at radius 3 is 1.74 bits per heavy atom. The maximum atomic E-state index is 14.8. The van der Waals surface area contributed by atoms with Gasteiger partial charge < -0.3 is 23.7 Å². The first-order valence-corrected chi connectivity index (χ1v) is 11.8. The highest BCUT2D eigenvalue weighted by Crippen LogP contribution is 2.39. The van der Waals surface area contributed by atoms with Gasteiger partial charge in [-0.3, -0.25) is 4.72 Å². The minimum absolute atomic E-state index is 0.0147. The molecule has 0 radical (unpaired) electrons. The van der Waals surface area contributed by atoms with Crippen molar-refractivity contribution >= 4 is 27.9 Å². The second-order valence-electron chi connectivity index (χ2n) is 7.16. The van der Waals surface area contributed by atoms with Crippen LogP contribution in [0.4, 0.5) is 10.1 Å². The van der Waals surface area contributed by atoms with Crippen LogP contribution in [0.15, 0.2) is 53.4 Å². The average molecular weight is 504 g/mol. The zero-order valence-electron chi connectivity index (χ0n) is 19.9. The monoisotopic (exact) mass is 503 g/mol. The summed E-state index contributed by atoms with van der Waals surface area (Å²) in [6, 6.07) is 12.0. The summed E-state index contributed by atoms with van der Waals surface area (Å²) in [4.78, 5) is -0.0147. The number of benzene rings is 3. The number of nitrogens with one attached hydrogen (secondary N) is 1. The van der Waals surface area contributed by atoms with Crippen LogP contribution in [-0.4, -0.2) is 44.0 Å². The van der Waals surface area contributed by atoms with Gasteiger partial charge in [0, 0.05) is 0 Å². The number of anilines is 1. The molecule has 3 aromatic carbocycles. The van der Waals surface area contributed by atoms with E-state index < -0.39 is 15.8 Å². The molecule has 0 fully saturated rings. The SMILES string of the molecule is COc1ccc(S(=O)(=O)Nc2cc(C=Cc3cc(OC)c(OC)c(OC)c3)cc(F)c2OC)cc1. The van der Waals surface area contributed by atoms with Gasteiger partial charge in [0.15, 0.2) is 23.1 Å². The maximum Gasteiger partial charge on any atom is 0.262 e. The van der Waals surface area contributed by atoms with Gasteiger partial charge in [0.2, 0.25) is 5.75 Å². The van der Waals surface area contributed by atoms with E-state index in [-0.39, 0.29) is 16.3 Å². The molecule has 35 heavy (non-hydrogen) atoms. The smallest absolute Gasteiger partial charge is 0.262 e. The molecule has 0 amide bonds. The summed E-state index contributed by atoms with van der Waals surface area (Å²) < 4.78 is 69.1. The van der Waals surface area contributed by atoms with Crippen LogP contribution in [0.25, 0.3) is 12.2 Å². The van der Waals surface area contributed by atoms with Crippen LogP contribution in [-0.2, 0) is 10.0 Å². The second kappa shape index (κ2) is 11.0. The van der Waals surface area contributed by atoms with Crippen molar-refractivity contribution in [2.45, 2.75) is 4.90 Å². The van der Waals surface area contributed by atoms with E-state index in [9.17, 15) is 12.8 Å². The highest BCUT2D eigenvalue weighted by Gasteiger charge is 2.20. The Morgan fingerprint density at radius 2 is 1.26 bits per heavy atom. The predicted octanol–water partition coefficient (Wildman–Crippen LogP) is 4.84. The number of ether oxygens (including phenoxy) is 5. The molecular formula is C25H26FNO7S. The van der Waals surface area contributed by atoms with E-state index in [4.69, 9.17) is 23.7 Å². The van der Waals surface area contributed by atoms with Crippen LogP contribution < -0.4 is 28.4 Å². The Bertz CT molecular complexity index is 1300. The Hall–Kier alpha value is -3.92. The minimum atomic E-state index is -4.02. The molecule has 10 heteroatoms. The van der Waals surface area contributed by atoms with Gasteiger partial charge in [-0.25, -0.2) is 12.8 Å². The summed E-state index contributed by atoms with van der Waals surface area (Å²) >= 11 is 0. The molecule has 3 rings (SSSR count). The van der Waals surface area contributed by atoms with Crippen molar-refractivity contribution in [1.29, 1.82) is 0 Å². The second-order valence-corrected chi connectivity index (χ2v) is 8.84. The summed E-state index contributed by atoms with van der Waals surface area (Å²) in [5.74, 6) is 0.907. The van der Waals surface area contributed by atoms with Crippen LogP contribution in [0.2, 0.25) is 0 Å². The van der Waals surface area contributed by atoms with E-state index in [1.165, 1.54) is 71.9 Å². The third-order valence-corrected chi connectivity index (χ3v) is 6.42. The summed E-state index contributed by atoms with van der Waals surface area (Å²) in [5.41, 5.74) is 1.04. The number of hydrogen-bond acceptors (Lipinski definition) is 7. The molecule has 0 saturated heterocycles. The van der Waals surface area contributed by atoms with Gasteiger partial charge in [-0.1, -0.05) is 12.2 Å². The Balaban J connectivity index is 1.97. The van der Waals surface area contributed by atoms with Crippen molar-refractivity contribution in [3.8, 4) is 28.7 Å². The molecule has 0 bridgehead atoms. The van der Waals surface area contributed by atoms with Gasteiger partial charge in [-0.2, -0.15) is 0 Å². The molecule has 186 valence electrons. The molecule has 0 spiro atoms. The Kier molecular flexibility index (Phi) is 8.08. The fourth-order valence-electron chi connectivity index (χ4n) is 3.34. The first-order chi connectivity index (χ1) is 16.8. The summed E-state index contributed by atoms with van der Waals surface area (Å²) in [6.07, 6.45) is 3.32. The number of methoxy groups -OCH3 is 5. The third-order valence-electron chi connectivity index (χ3n) is 5.04. The van der Waals surface area contributed by atoms with E-state index in [1.807, 2.05) is 0 Å². The van der Waals surface area contributed by atoms with Gasteiger partial charge in [0.1, 0.15) is 5.75 Å². The van der Waals surface area contributed by atoms with Crippen LogP contribution >= 0.6 is 0 Å². The fourth-order valence-corrected chi connectivity index (χ4v) is 4.40. The first kappa shape index (κ1) is 25.7. The van der Waals surface area contributed by atoms with Crippen molar-refractivity contribution in [2.24, 2.45) is 0 Å². The topological polar surface area (TPSA) is 92.3 Å². The highest BCUT2D eigenvalue weighted by atomic mass is 32.2. The number of rotatable bonds is 10. The van der Waals surface area contributed by atoms with Crippen molar-refractivity contribution < 1.29 is 36.5 Å². The molecular weight excluding hydrogens is 477 g/mol. The molecule has 1 N–H and O–H groups in total. The largest absolute Gasteiger partial charge is 0.497 e. The predicted molar refractivity (Wildman–Crippen MR) is 132 cm³/mol. The molecule has 0 aromatic heterocycles. The maximum absolute atomic E-state index is 14.8. The normalized spacial score (nSPS) is 11.3. The third kappa shape index (κ3) is 5.78. The summed E-state index contributed by atoms with van der Waals surface area (Å²) in [6.45, 7) is 0. The molecule has 0 saturated carbocycles. The summed E-state index contributed by atoms with van der Waals surface area (Å²) in [7, 11) is 3.23. The van der Waals surface area contributed by atoms with Crippen LogP contribution in [0.1, 0.15) is 11.1 Å². The van der Waals surface area contributed by atoms with Crippen molar-refractivity contribution in [3.05, 3.63) is 65.5 Å². The molecule has 0 aliphatic rings. The lowest BCUT2D eigenvalue weighted by molar-refractivity contribution is 0.324. The minimum Gasteiger partial charge on any atom is -0.497 e. The van der Waals surface area contributed by atoms with Crippen LogP contribution in [0.5, 0.6) is 28.7 Å². The van der Waals surface area contributed by atoms with Crippen molar-refractivity contribution in [1.82, 2.24) is 0 Å². The van der Waals surface area contributed by atoms with E-state index in [2.05, 4.69) is 4.72 Å². The van der Waals surface area contributed by atoms with E-state index >= 15 is 0 Å². The van der Waals surface area contributed by atoms with Gasteiger partial charge in [0.25, 0.3) is 10.0 Å². The standard InChI is InChI=1S/C25H26FNO7S/c1-30-18-8-10-19(11-9-18)35(28,29)27-21-13-16(12-20(26)24(21)33-4)6-7-17-14-22(31-2)25(34-5)23(15-17)32-3/h6-15,27H,1-5H3. The van der Waals surface area contributed by atoms with Crippen LogP contribution in [0.3, 0.4) is 0 Å². The van der Waals surface area contributed by atoms with Gasteiger partial charge in [-0.05, 0) is 59.7 Å². The zero-order valence-corrected chi connectivity index (χ0v) is 20.7. The number of sulfonamides is 1. The molecule has 3 aromatic rings. The molecule has 0 unspecified atom stereocenters. The summed E-state index contributed by atoms with van der Waals surface area (Å²) in [5, 5.41) is 0. The average Bonchev–Trinajstić information content (AvgIpc) is 2.86. The van der Waals surface area contributed by atoms with E-state index in [1.54, 1.807) is 24.3 Å². The van der Waals surface area contributed by atoms with Gasteiger partial charge in [-0.15, -0.1) is 0 Å². The van der Waals surface area contributed by atoms with Crippen molar-refractivity contribution in [2.75, 3.05) is 40.3 Å². The van der Waals surface area contributed by atoms with Crippen LogP contribution in [0, 0.1) is 5.82 Å². The lowest BCUT2D eigenvalue weighted by atomic mass is 10.1. The number of halogens is 1. The molecule has 0 heterocycles. The molecule has 0 atom stereocenters. The van der Waals surface area contributed by atoms with Gasteiger partial charge >= 0.3 is 0 Å². The van der Waals surface area contributed by atoms with Crippen molar-refractivity contribution in [3.63, 3.8) is 0 Å². The lowest BCUT2D eigenvalue weighted by Gasteiger charge is -2.14.